The zero-order valence-corrected chi connectivity index (χ0v) is 20.0. The number of ether oxygens (including phenoxy) is 1. The molecule has 0 aromatic heterocycles. The molecule has 2 aliphatic heterocycles. The van der Waals surface area contributed by atoms with Gasteiger partial charge in [0.1, 0.15) is 0 Å². The molecule has 0 bridgehead atoms. The third-order valence-electron chi connectivity index (χ3n) is 5.99. The number of benzene rings is 2. The summed E-state index contributed by atoms with van der Waals surface area (Å²) in [5.74, 6) is 0.512. The summed E-state index contributed by atoms with van der Waals surface area (Å²) in [6, 6.07) is 13.4. The number of thioether (sulfide) groups is 1. The summed E-state index contributed by atoms with van der Waals surface area (Å²) in [6.45, 7) is 3.89. The van der Waals surface area contributed by atoms with Crippen LogP contribution in [0.25, 0.3) is 0 Å². The van der Waals surface area contributed by atoms with E-state index in [2.05, 4.69) is 5.32 Å². The van der Waals surface area contributed by atoms with Crippen LogP contribution in [0.2, 0.25) is 5.02 Å². The summed E-state index contributed by atoms with van der Waals surface area (Å²) < 4.78 is 4.98. The molecule has 2 aromatic carbocycles. The second-order valence-corrected chi connectivity index (χ2v) is 9.87. The van der Waals surface area contributed by atoms with Crippen LogP contribution >= 0.6 is 23.4 Å². The molecule has 1 N–H and O–H groups in total. The minimum Gasteiger partial charge on any atom is -0.462 e. The van der Waals surface area contributed by atoms with Crippen molar-refractivity contribution in [3.8, 4) is 0 Å². The van der Waals surface area contributed by atoms with Crippen molar-refractivity contribution in [2.24, 2.45) is 0 Å². The molecule has 1 spiro atoms. The number of nitrogens with zero attached hydrogens (tertiary/aromatic N) is 2. The molecule has 9 heteroatoms. The summed E-state index contributed by atoms with van der Waals surface area (Å²) >= 11 is 7.77. The number of likely N-dealkylation sites (tertiary alicyclic amines) is 1. The average molecular weight is 488 g/mol. The second kappa shape index (κ2) is 10.1. The lowest BCUT2D eigenvalue weighted by Gasteiger charge is -2.44. The Balaban J connectivity index is 1.35. The van der Waals surface area contributed by atoms with Crippen molar-refractivity contribution in [2.45, 2.75) is 24.6 Å². The number of nitrogens with one attached hydrogen (secondary N) is 1. The van der Waals surface area contributed by atoms with Crippen LogP contribution in [0.1, 0.15) is 40.5 Å². The summed E-state index contributed by atoms with van der Waals surface area (Å²) in [5.41, 5.74) is 1.69. The molecule has 174 valence electrons. The molecule has 0 saturated carbocycles. The maximum absolute atomic E-state index is 13.1. The van der Waals surface area contributed by atoms with Crippen molar-refractivity contribution in [2.75, 3.05) is 37.3 Å². The Bertz CT molecular complexity index is 1020. The number of anilines is 1. The van der Waals surface area contributed by atoms with Gasteiger partial charge in [-0.2, -0.15) is 0 Å². The third kappa shape index (κ3) is 5.12. The van der Waals surface area contributed by atoms with Gasteiger partial charge < -0.3 is 19.9 Å². The molecule has 4 rings (SSSR count). The van der Waals surface area contributed by atoms with Crippen LogP contribution < -0.4 is 5.32 Å². The van der Waals surface area contributed by atoms with Gasteiger partial charge in [0.2, 0.25) is 0 Å². The number of hydrogen-bond acceptors (Lipinski definition) is 5. The minimum atomic E-state index is -0.386. The number of urea groups is 1. The smallest absolute Gasteiger partial charge is 0.338 e. The highest BCUT2D eigenvalue weighted by atomic mass is 35.5. The Kier molecular flexibility index (Phi) is 7.14. The van der Waals surface area contributed by atoms with Crippen molar-refractivity contribution in [1.82, 2.24) is 9.80 Å². The molecule has 0 unspecified atom stereocenters. The Hall–Kier alpha value is -2.71. The van der Waals surface area contributed by atoms with Crippen molar-refractivity contribution in [3.05, 3.63) is 64.7 Å². The van der Waals surface area contributed by atoms with E-state index in [9.17, 15) is 14.4 Å². The van der Waals surface area contributed by atoms with Crippen LogP contribution in [0.4, 0.5) is 10.5 Å². The fraction of sp³-hybridized carbons (Fsp3) is 0.375. The average Bonchev–Trinajstić information content (AvgIpc) is 3.23. The maximum Gasteiger partial charge on any atom is 0.338 e. The van der Waals surface area contributed by atoms with E-state index in [1.54, 1.807) is 72.1 Å². The Morgan fingerprint density at radius 3 is 2.27 bits per heavy atom. The monoisotopic (exact) mass is 487 g/mol. The van der Waals surface area contributed by atoms with Gasteiger partial charge in [-0.3, -0.25) is 4.79 Å². The van der Waals surface area contributed by atoms with Gasteiger partial charge in [0.05, 0.1) is 17.0 Å². The largest absolute Gasteiger partial charge is 0.462 e. The molecule has 33 heavy (non-hydrogen) atoms. The second-order valence-electron chi connectivity index (χ2n) is 7.97. The number of piperidine rings is 1. The number of rotatable bonds is 4. The highest BCUT2D eigenvalue weighted by Gasteiger charge is 2.47. The zero-order chi connectivity index (χ0) is 23.4. The molecular weight excluding hydrogens is 462 g/mol. The topological polar surface area (TPSA) is 79.0 Å². The van der Waals surface area contributed by atoms with Gasteiger partial charge in [0, 0.05) is 41.7 Å². The van der Waals surface area contributed by atoms with Gasteiger partial charge in [-0.15, -0.1) is 11.8 Å². The number of hydrogen-bond donors (Lipinski definition) is 1. The highest BCUT2D eigenvalue weighted by molar-refractivity contribution is 8.00. The van der Waals surface area contributed by atoms with E-state index in [0.29, 0.717) is 60.9 Å². The molecule has 2 fully saturated rings. The molecule has 2 aliphatic rings. The summed E-state index contributed by atoms with van der Waals surface area (Å²) in [4.78, 5) is 41.2. The molecular formula is C24H26ClN3O4S. The van der Waals surface area contributed by atoms with E-state index in [1.165, 1.54) is 0 Å². The lowest BCUT2D eigenvalue weighted by Crippen LogP contribution is -2.54. The summed E-state index contributed by atoms with van der Waals surface area (Å²) in [5, 5.41) is 3.49. The molecule has 0 radical (unpaired) electrons. The number of halogens is 1. The Morgan fingerprint density at radius 2 is 1.64 bits per heavy atom. The first kappa shape index (κ1) is 23.4. The molecule has 2 aromatic rings. The van der Waals surface area contributed by atoms with Crippen molar-refractivity contribution < 1.29 is 19.1 Å². The predicted octanol–water partition coefficient (Wildman–Crippen LogP) is 4.73. The first-order valence-corrected chi connectivity index (χ1v) is 12.3. The molecule has 0 aliphatic carbocycles. The van der Waals surface area contributed by atoms with E-state index in [-0.39, 0.29) is 22.8 Å². The molecule has 0 atom stereocenters. The first-order valence-electron chi connectivity index (χ1n) is 11.0. The SMILES string of the molecule is CCOC(=O)c1ccc(NC(=O)N2CCC3(CC2)SCCN3C(=O)c2ccc(Cl)cc2)cc1. The van der Waals surface area contributed by atoms with Crippen LogP contribution in [-0.4, -0.2) is 64.6 Å². The number of esters is 1. The Morgan fingerprint density at radius 1 is 1.00 bits per heavy atom. The van der Waals surface area contributed by atoms with Gasteiger partial charge in [0.25, 0.3) is 5.91 Å². The van der Waals surface area contributed by atoms with Gasteiger partial charge >= 0.3 is 12.0 Å². The van der Waals surface area contributed by atoms with E-state index in [4.69, 9.17) is 16.3 Å². The predicted molar refractivity (Wildman–Crippen MR) is 130 cm³/mol. The van der Waals surface area contributed by atoms with Gasteiger partial charge in [0.15, 0.2) is 0 Å². The third-order valence-corrected chi connectivity index (χ3v) is 7.80. The van der Waals surface area contributed by atoms with Crippen LogP contribution in [0, 0.1) is 0 Å². The van der Waals surface area contributed by atoms with E-state index >= 15 is 0 Å². The van der Waals surface area contributed by atoms with Gasteiger partial charge in [-0.05, 0) is 68.3 Å². The van der Waals surface area contributed by atoms with Crippen molar-refractivity contribution in [1.29, 1.82) is 0 Å². The minimum absolute atomic E-state index is 0.0104. The fourth-order valence-electron chi connectivity index (χ4n) is 4.22. The molecule has 3 amide bonds. The zero-order valence-electron chi connectivity index (χ0n) is 18.4. The summed E-state index contributed by atoms with van der Waals surface area (Å²) in [6.07, 6.45) is 1.43. The molecule has 7 nitrogen and oxygen atoms in total. The van der Waals surface area contributed by atoms with Crippen molar-refractivity contribution in [3.63, 3.8) is 0 Å². The van der Waals surface area contributed by atoms with Gasteiger partial charge in [-0.1, -0.05) is 11.6 Å². The lowest BCUT2D eigenvalue weighted by molar-refractivity contribution is 0.0525. The lowest BCUT2D eigenvalue weighted by atomic mass is 10.0. The standard InChI is InChI=1S/C24H26ClN3O4S/c1-2-32-22(30)18-5-9-20(10-6-18)26-23(31)27-13-11-24(12-14-27)28(15-16-33-24)21(29)17-3-7-19(25)8-4-17/h3-10H,2,11-16H2,1H3,(H,26,31). The molecule has 2 heterocycles. The quantitative estimate of drug-likeness (QED) is 0.631. The van der Waals surface area contributed by atoms with Crippen LogP contribution in [0.5, 0.6) is 0 Å². The van der Waals surface area contributed by atoms with Crippen molar-refractivity contribution >= 4 is 47.0 Å². The van der Waals surface area contributed by atoms with E-state index in [1.807, 2.05) is 4.90 Å². The summed E-state index contributed by atoms with van der Waals surface area (Å²) in [7, 11) is 0. The maximum atomic E-state index is 13.1. The van der Waals surface area contributed by atoms with Crippen LogP contribution in [-0.2, 0) is 4.74 Å². The van der Waals surface area contributed by atoms with Gasteiger partial charge in [-0.25, -0.2) is 9.59 Å². The molecule has 2 saturated heterocycles. The normalized spacial score (nSPS) is 17.2. The number of carbonyl (C=O) groups excluding carboxylic acids is 3. The fourth-order valence-corrected chi connectivity index (χ4v) is 5.80. The number of amides is 3. The van der Waals surface area contributed by atoms with Crippen LogP contribution in [0.3, 0.4) is 0 Å². The number of carbonyl (C=O) groups is 3. The first-order chi connectivity index (χ1) is 15.9. The van der Waals surface area contributed by atoms with E-state index in [0.717, 1.165) is 5.75 Å². The highest BCUT2D eigenvalue weighted by Crippen LogP contribution is 2.44. The Labute approximate surface area is 202 Å². The van der Waals surface area contributed by atoms with E-state index < -0.39 is 0 Å². The van der Waals surface area contributed by atoms with Crippen LogP contribution in [0.15, 0.2) is 48.5 Å².